The maximum absolute atomic E-state index is 12.8. The van der Waals surface area contributed by atoms with Crippen LogP contribution in [0.4, 0.5) is 0 Å². The predicted molar refractivity (Wildman–Crippen MR) is 113 cm³/mol. The van der Waals surface area contributed by atoms with E-state index in [1.807, 2.05) is 60.7 Å². The molecular weight excluding hydrogens is 346 g/mol. The molecule has 0 heterocycles. The molecule has 3 heteroatoms. The molecule has 0 aliphatic heterocycles. The van der Waals surface area contributed by atoms with Crippen LogP contribution in [-0.4, -0.2) is 12.6 Å². The molecule has 1 atom stereocenters. The number of carbonyl (C=O) groups excluding carboxylic acids is 1. The minimum atomic E-state index is -0.539. The highest BCUT2D eigenvalue weighted by atomic mass is 16.5. The monoisotopic (exact) mass is 375 g/mol. The van der Waals surface area contributed by atoms with Crippen molar-refractivity contribution >= 4 is 11.5 Å². The van der Waals surface area contributed by atoms with Crippen LogP contribution in [0.2, 0.25) is 0 Å². The smallest absolute Gasteiger partial charge is 0.349 e. The number of carbonyl (C=O) groups is 1. The molecule has 0 aliphatic carbocycles. The topological polar surface area (TPSA) is 50.1 Å². The van der Waals surface area contributed by atoms with Gasteiger partial charge in [0.2, 0.25) is 0 Å². The Labute approximate surface area is 168 Å². The van der Waals surface area contributed by atoms with E-state index in [9.17, 15) is 10.1 Å². The molecule has 3 nitrogen and oxygen atoms in total. The molecule has 0 aromatic heterocycles. The molecule has 0 spiro atoms. The Kier molecular flexibility index (Phi) is 9.01. The third-order valence-corrected chi connectivity index (χ3v) is 4.80. The zero-order valence-electron chi connectivity index (χ0n) is 16.9. The Bertz CT molecular complexity index is 762. The van der Waals surface area contributed by atoms with Crippen LogP contribution >= 0.6 is 0 Å². The fraction of sp³-hybridized carbons (Fsp3) is 0.360. The lowest BCUT2D eigenvalue weighted by molar-refractivity contribution is -0.140. The predicted octanol–water partition coefficient (Wildman–Crippen LogP) is 6.16. The molecule has 146 valence electrons. The number of ether oxygens (including phenoxy) is 1. The third kappa shape index (κ3) is 6.09. The molecule has 0 saturated carbocycles. The lowest BCUT2D eigenvalue weighted by atomic mass is 9.93. The molecule has 0 aliphatic rings. The summed E-state index contributed by atoms with van der Waals surface area (Å²) in [7, 11) is 0. The summed E-state index contributed by atoms with van der Waals surface area (Å²) in [5, 5.41) is 9.79. The molecule has 1 unspecified atom stereocenters. The minimum Gasteiger partial charge on any atom is -0.461 e. The van der Waals surface area contributed by atoms with Gasteiger partial charge in [-0.1, -0.05) is 93.8 Å². The molecule has 0 bridgehead atoms. The summed E-state index contributed by atoms with van der Waals surface area (Å²) in [5.41, 5.74) is 2.34. The lowest BCUT2D eigenvalue weighted by Gasteiger charge is -2.17. The van der Waals surface area contributed by atoms with Gasteiger partial charge >= 0.3 is 5.97 Å². The quantitative estimate of drug-likeness (QED) is 0.284. The van der Waals surface area contributed by atoms with E-state index in [1.54, 1.807) is 0 Å². The van der Waals surface area contributed by atoms with Gasteiger partial charge in [0.05, 0.1) is 6.61 Å². The van der Waals surface area contributed by atoms with E-state index in [0.717, 1.165) is 43.2 Å². The molecule has 0 amide bonds. The Morgan fingerprint density at radius 1 is 0.929 bits per heavy atom. The lowest BCUT2D eigenvalue weighted by Crippen LogP contribution is -2.16. The first-order valence-corrected chi connectivity index (χ1v) is 10.1. The largest absolute Gasteiger partial charge is 0.461 e. The van der Waals surface area contributed by atoms with Crippen LogP contribution < -0.4 is 0 Å². The van der Waals surface area contributed by atoms with Crippen LogP contribution in [-0.2, 0) is 9.53 Å². The van der Waals surface area contributed by atoms with E-state index in [0.29, 0.717) is 18.1 Å². The number of nitriles is 1. The van der Waals surface area contributed by atoms with Crippen molar-refractivity contribution in [1.29, 1.82) is 5.26 Å². The molecule has 0 fully saturated rings. The Morgan fingerprint density at radius 3 is 1.96 bits per heavy atom. The standard InChI is InChI=1S/C25H29NO2/c1-3-5-13-20(12-4-2)19-28-25(27)23(18-26)24(21-14-8-6-9-15-21)22-16-10-7-11-17-22/h6-11,14-17,20H,3-5,12-13,19H2,1-2H3. The maximum Gasteiger partial charge on any atom is 0.349 e. The SMILES string of the molecule is CCCCC(CCC)COC(=O)C(C#N)=C(c1ccccc1)c1ccccc1. The first-order chi connectivity index (χ1) is 13.7. The van der Waals surface area contributed by atoms with Gasteiger partial charge in [0.15, 0.2) is 0 Å². The van der Waals surface area contributed by atoms with Crippen molar-refractivity contribution in [3.63, 3.8) is 0 Å². The zero-order chi connectivity index (χ0) is 20.2. The zero-order valence-corrected chi connectivity index (χ0v) is 16.9. The van der Waals surface area contributed by atoms with Gasteiger partial charge in [0.1, 0.15) is 11.6 Å². The number of benzene rings is 2. The van der Waals surface area contributed by atoms with Crippen molar-refractivity contribution in [1.82, 2.24) is 0 Å². The highest BCUT2D eigenvalue weighted by molar-refractivity contribution is 6.05. The van der Waals surface area contributed by atoms with Crippen molar-refractivity contribution in [2.45, 2.75) is 46.0 Å². The number of nitrogens with zero attached hydrogens (tertiary/aromatic N) is 1. The van der Waals surface area contributed by atoms with Gasteiger partial charge in [-0.15, -0.1) is 0 Å². The Balaban J connectivity index is 2.32. The van der Waals surface area contributed by atoms with Gasteiger partial charge in [-0.2, -0.15) is 5.26 Å². The normalized spacial score (nSPS) is 11.3. The van der Waals surface area contributed by atoms with E-state index in [1.165, 1.54) is 0 Å². The minimum absolute atomic E-state index is 0.0585. The van der Waals surface area contributed by atoms with E-state index in [-0.39, 0.29) is 5.57 Å². The average molecular weight is 376 g/mol. The summed E-state index contributed by atoms with van der Waals surface area (Å²) in [6, 6.07) is 21.2. The van der Waals surface area contributed by atoms with Crippen LogP contribution in [0.15, 0.2) is 66.2 Å². The van der Waals surface area contributed by atoms with Crippen molar-refractivity contribution in [2.24, 2.45) is 5.92 Å². The second-order valence-corrected chi connectivity index (χ2v) is 6.99. The number of esters is 1. The van der Waals surface area contributed by atoms with E-state index >= 15 is 0 Å². The molecule has 0 N–H and O–H groups in total. The van der Waals surface area contributed by atoms with Gasteiger partial charge < -0.3 is 4.74 Å². The summed E-state index contributed by atoms with van der Waals surface area (Å²) in [6.07, 6.45) is 5.40. The molecular formula is C25H29NO2. The Hall–Kier alpha value is -2.86. The molecule has 0 saturated heterocycles. The highest BCUT2D eigenvalue weighted by Gasteiger charge is 2.21. The van der Waals surface area contributed by atoms with E-state index in [4.69, 9.17) is 4.74 Å². The molecule has 2 rings (SSSR count). The molecule has 28 heavy (non-hydrogen) atoms. The summed E-state index contributed by atoms with van der Waals surface area (Å²) >= 11 is 0. The highest BCUT2D eigenvalue weighted by Crippen LogP contribution is 2.27. The van der Waals surface area contributed by atoms with Gasteiger partial charge in [0.25, 0.3) is 0 Å². The van der Waals surface area contributed by atoms with Crippen LogP contribution in [0.5, 0.6) is 0 Å². The first-order valence-electron chi connectivity index (χ1n) is 10.1. The number of unbranched alkanes of at least 4 members (excludes halogenated alkanes) is 1. The number of hydrogen-bond acceptors (Lipinski definition) is 3. The van der Waals surface area contributed by atoms with Gasteiger partial charge in [-0.3, -0.25) is 0 Å². The van der Waals surface area contributed by atoms with Gasteiger partial charge in [0, 0.05) is 5.57 Å². The number of rotatable bonds is 10. The van der Waals surface area contributed by atoms with Crippen LogP contribution in [0.3, 0.4) is 0 Å². The second-order valence-electron chi connectivity index (χ2n) is 6.99. The summed E-state index contributed by atoms with van der Waals surface area (Å²) in [5.74, 6) is -0.187. The van der Waals surface area contributed by atoms with Crippen LogP contribution in [0.1, 0.15) is 57.1 Å². The average Bonchev–Trinajstić information content (AvgIpc) is 2.74. The first kappa shape index (κ1) is 21.4. The van der Waals surface area contributed by atoms with Crippen LogP contribution in [0.25, 0.3) is 5.57 Å². The maximum atomic E-state index is 12.8. The van der Waals surface area contributed by atoms with Crippen molar-refractivity contribution in [2.75, 3.05) is 6.61 Å². The van der Waals surface area contributed by atoms with Gasteiger partial charge in [-0.25, -0.2) is 4.79 Å². The van der Waals surface area contributed by atoms with E-state index < -0.39 is 5.97 Å². The third-order valence-electron chi connectivity index (χ3n) is 4.80. The van der Waals surface area contributed by atoms with Crippen LogP contribution in [0, 0.1) is 17.2 Å². The van der Waals surface area contributed by atoms with Gasteiger partial charge in [-0.05, 0) is 29.9 Å². The van der Waals surface area contributed by atoms with Crippen molar-refractivity contribution < 1.29 is 9.53 Å². The fourth-order valence-corrected chi connectivity index (χ4v) is 3.35. The molecule has 0 radical (unpaired) electrons. The molecule has 2 aromatic carbocycles. The summed E-state index contributed by atoms with van der Waals surface area (Å²) in [4.78, 5) is 12.8. The fourth-order valence-electron chi connectivity index (χ4n) is 3.35. The summed E-state index contributed by atoms with van der Waals surface area (Å²) < 4.78 is 5.61. The van der Waals surface area contributed by atoms with Crippen molar-refractivity contribution in [3.05, 3.63) is 77.4 Å². The second kappa shape index (κ2) is 11.8. The summed E-state index contributed by atoms with van der Waals surface area (Å²) in [6.45, 7) is 4.68. The number of hydrogen-bond donors (Lipinski definition) is 0. The van der Waals surface area contributed by atoms with E-state index in [2.05, 4.69) is 19.9 Å². The van der Waals surface area contributed by atoms with Crippen molar-refractivity contribution in [3.8, 4) is 6.07 Å². The molecule has 2 aromatic rings. The Morgan fingerprint density at radius 2 is 1.50 bits per heavy atom.